The Bertz CT molecular complexity index is 953. The fourth-order valence-corrected chi connectivity index (χ4v) is 6.49. The fraction of sp³-hybridized carbons (Fsp3) is 0.429. The van der Waals surface area contributed by atoms with Gasteiger partial charge in [-0.1, -0.05) is 6.07 Å². The van der Waals surface area contributed by atoms with Crippen molar-refractivity contribution in [1.82, 2.24) is 4.31 Å². The van der Waals surface area contributed by atoms with Gasteiger partial charge in [-0.15, -0.1) is 0 Å². The maximum Gasteiger partial charge on any atom is 0.335 e. The molecule has 2 rings (SSSR count). The van der Waals surface area contributed by atoms with Crippen molar-refractivity contribution in [2.45, 2.75) is 24.0 Å². The maximum absolute atomic E-state index is 13.0. The first-order valence-electron chi connectivity index (χ1n) is 7.31. The molecule has 1 fully saturated rings. The molecule has 0 aliphatic carbocycles. The quantitative estimate of drug-likeness (QED) is 0.532. The lowest BCUT2D eigenvalue weighted by Crippen LogP contribution is -2.49. The SMILES string of the molecule is Cc1ccc(C(=O)O)cc1S(=O)(=O)N(CC(=O)O)[C@@H]1CS(=O)(=O)C[C@@H]1O. The van der Waals surface area contributed by atoms with E-state index in [0.717, 1.165) is 6.07 Å². The number of carbonyl (C=O) groups is 2. The average Bonchev–Trinajstić information content (AvgIpc) is 2.77. The zero-order valence-electron chi connectivity index (χ0n) is 13.6. The molecule has 26 heavy (non-hydrogen) atoms. The smallest absolute Gasteiger partial charge is 0.335 e. The van der Waals surface area contributed by atoms with Crippen LogP contribution in [0.25, 0.3) is 0 Å². The summed E-state index contributed by atoms with van der Waals surface area (Å²) in [6.45, 7) is 0.315. The third-order valence-electron chi connectivity index (χ3n) is 3.98. The van der Waals surface area contributed by atoms with Gasteiger partial charge >= 0.3 is 11.9 Å². The number of aromatic carboxylic acids is 1. The van der Waals surface area contributed by atoms with E-state index in [4.69, 9.17) is 10.2 Å². The molecule has 1 heterocycles. The second kappa shape index (κ2) is 6.95. The van der Waals surface area contributed by atoms with Crippen molar-refractivity contribution >= 4 is 31.8 Å². The maximum atomic E-state index is 13.0. The Morgan fingerprint density at radius 2 is 1.85 bits per heavy atom. The minimum absolute atomic E-state index is 0.153. The zero-order valence-corrected chi connectivity index (χ0v) is 15.2. The Kier molecular flexibility index (Phi) is 5.42. The summed E-state index contributed by atoms with van der Waals surface area (Å²) in [5.41, 5.74) is -0.176. The van der Waals surface area contributed by atoms with Crippen LogP contribution in [-0.2, 0) is 24.7 Å². The molecule has 0 radical (unpaired) electrons. The molecule has 0 saturated carbocycles. The van der Waals surface area contributed by atoms with Crippen LogP contribution in [-0.4, -0.2) is 78.6 Å². The van der Waals surface area contributed by atoms with Gasteiger partial charge in [0, 0.05) is 0 Å². The van der Waals surface area contributed by atoms with E-state index in [1.54, 1.807) is 0 Å². The number of aliphatic hydroxyl groups excluding tert-OH is 1. The van der Waals surface area contributed by atoms with Crippen molar-refractivity contribution in [2.75, 3.05) is 18.1 Å². The molecule has 3 N–H and O–H groups in total. The van der Waals surface area contributed by atoms with Gasteiger partial charge in [-0.3, -0.25) is 4.79 Å². The van der Waals surface area contributed by atoms with E-state index in [9.17, 15) is 31.5 Å². The van der Waals surface area contributed by atoms with Crippen molar-refractivity contribution in [3.63, 3.8) is 0 Å². The second-order valence-corrected chi connectivity index (χ2v) is 9.95. The Morgan fingerprint density at radius 3 is 2.31 bits per heavy atom. The Hall–Kier alpha value is -2.02. The van der Waals surface area contributed by atoms with Gasteiger partial charge in [0.1, 0.15) is 6.54 Å². The highest BCUT2D eigenvalue weighted by Gasteiger charge is 2.45. The van der Waals surface area contributed by atoms with Gasteiger partial charge in [0.15, 0.2) is 9.84 Å². The van der Waals surface area contributed by atoms with E-state index >= 15 is 0 Å². The molecule has 12 heteroatoms. The number of hydrogen-bond acceptors (Lipinski definition) is 7. The van der Waals surface area contributed by atoms with E-state index in [1.165, 1.54) is 19.1 Å². The number of rotatable bonds is 6. The first-order chi connectivity index (χ1) is 11.8. The van der Waals surface area contributed by atoms with Crippen molar-refractivity contribution in [3.05, 3.63) is 29.3 Å². The summed E-state index contributed by atoms with van der Waals surface area (Å²) >= 11 is 0. The first-order valence-corrected chi connectivity index (χ1v) is 10.6. The van der Waals surface area contributed by atoms with Gasteiger partial charge in [0.05, 0.1) is 34.1 Å². The summed E-state index contributed by atoms with van der Waals surface area (Å²) in [6, 6.07) is 1.83. The molecule has 0 aromatic heterocycles. The number of aliphatic carboxylic acids is 1. The van der Waals surface area contributed by atoms with Crippen LogP contribution in [0.2, 0.25) is 0 Å². The summed E-state index contributed by atoms with van der Waals surface area (Å²) in [4.78, 5) is 21.8. The van der Waals surface area contributed by atoms with E-state index in [-0.39, 0.29) is 11.1 Å². The van der Waals surface area contributed by atoms with E-state index in [0.29, 0.717) is 4.31 Å². The minimum atomic E-state index is -4.58. The molecule has 0 amide bonds. The summed E-state index contributed by atoms with van der Waals surface area (Å²) in [6.07, 6.45) is -1.59. The fourth-order valence-electron chi connectivity index (χ4n) is 2.74. The van der Waals surface area contributed by atoms with Gasteiger partial charge in [-0.2, -0.15) is 4.31 Å². The van der Waals surface area contributed by atoms with Crippen molar-refractivity contribution < 1.29 is 41.7 Å². The first kappa shape index (κ1) is 20.3. The Balaban J connectivity index is 2.59. The number of nitrogens with zero attached hydrogens (tertiary/aromatic N) is 1. The van der Waals surface area contributed by atoms with Gasteiger partial charge in [-0.25, -0.2) is 21.6 Å². The number of aliphatic hydroxyl groups is 1. The molecule has 0 bridgehead atoms. The predicted molar refractivity (Wildman–Crippen MR) is 88.1 cm³/mol. The standard InChI is InChI=1S/C14H17NO9S2/c1-8-2-3-9(14(19)20)4-12(8)26(23,24)15(5-13(17)18)10-6-25(21,22)7-11(10)16/h2-4,10-11,16H,5-7H2,1H3,(H,17,18)(H,19,20)/t10-,11+/m1/s1. The number of sulfonamides is 1. The molecule has 144 valence electrons. The lowest BCUT2D eigenvalue weighted by atomic mass is 10.1. The van der Waals surface area contributed by atoms with Crippen molar-refractivity contribution in [2.24, 2.45) is 0 Å². The van der Waals surface area contributed by atoms with Crippen LogP contribution in [0, 0.1) is 6.92 Å². The van der Waals surface area contributed by atoms with E-state index < -0.39 is 66.9 Å². The Morgan fingerprint density at radius 1 is 1.23 bits per heavy atom. The molecular formula is C14H17NO9S2. The average molecular weight is 407 g/mol. The molecule has 1 aromatic rings. The van der Waals surface area contributed by atoms with Crippen LogP contribution in [0.5, 0.6) is 0 Å². The van der Waals surface area contributed by atoms with E-state index in [2.05, 4.69) is 0 Å². The molecular weight excluding hydrogens is 390 g/mol. The van der Waals surface area contributed by atoms with Crippen LogP contribution in [0.4, 0.5) is 0 Å². The molecule has 0 unspecified atom stereocenters. The number of sulfone groups is 1. The third kappa shape index (κ3) is 4.03. The highest BCUT2D eigenvalue weighted by Crippen LogP contribution is 2.27. The van der Waals surface area contributed by atoms with Crippen LogP contribution in [0.15, 0.2) is 23.1 Å². The summed E-state index contributed by atoms with van der Waals surface area (Å²) in [5, 5.41) is 28.1. The number of aryl methyl sites for hydroxylation is 1. The van der Waals surface area contributed by atoms with Crippen molar-refractivity contribution in [3.8, 4) is 0 Å². The Labute approximate surface area is 149 Å². The van der Waals surface area contributed by atoms with Crippen LogP contribution in [0.3, 0.4) is 0 Å². The summed E-state index contributed by atoms with van der Waals surface area (Å²) < 4.78 is 49.8. The minimum Gasteiger partial charge on any atom is -0.480 e. The highest BCUT2D eigenvalue weighted by atomic mass is 32.2. The third-order valence-corrected chi connectivity index (χ3v) is 7.69. The molecule has 1 aliphatic rings. The van der Waals surface area contributed by atoms with Gasteiger partial charge in [-0.05, 0) is 24.6 Å². The number of benzene rings is 1. The van der Waals surface area contributed by atoms with Crippen molar-refractivity contribution in [1.29, 1.82) is 0 Å². The van der Waals surface area contributed by atoms with Crippen LogP contribution < -0.4 is 0 Å². The largest absolute Gasteiger partial charge is 0.480 e. The van der Waals surface area contributed by atoms with Gasteiger partial charge < -0.3 is 15.3 Å². The van der Waals surface area contributed by atoms with Gasteiger partial charge in [0.2, 0.25) is 10.0 Å². The molecule has 0 spiro atoms. The predicted octanol–water partition coefficient (Wildman–Crippen LogP) is -1.07. The highest BCUT2D eigenvalue weighted by molar-refractivity contribution is 7.92. The number of carboxylic acid groups (broad SMARTS) is 2. The molecule has 2 atom stereocenters. The normalized spacial score (nSPS) is 22.4. The van der Waals surface area contributed by atoms with E-state index in [1.807, 2.05) is 0 Å². The number of hydrogen-bond donors (Lipinski definition) is 3. The lowest BCUT2D eigenvalue weighted by Gasteiger charge is -2.28. The van der Waals surface area contributed by atoms with Crippen LogP contribution >= 0.6 is 0 Å². The molecule has 1 aliphatic heterocycles. The molecule has 10 nitrogen and oxygen atoms in total. The molecule has 1 saturated heterocycles. The lowest BCUT2D eigenvalue weighted by molar-refractivity contribution is -0.137. The summed E-state index contributed by atoms with van der Waals surface area (Å²) in [7, 11) is -8.33. The summed E-state index contributed by atoms with van der Waals surface area (Å²) in [5.74, 6) is -4.33. The number of carboxylic acids is 2. The second-order valence-electron chi connectivity index (χ2n) is 5.94. The zero-order chi connectivity index (χ0) is 19.9. The van der Waals surface area contributed by atoms with Gasteiger partial charge in [0.25, 0.3) is 0 Å². The topological polar surface area (TPSA) is 166 Å². The molecule has 1 aromatic carbocycles. The van der Waals surface area contributed by atoms with Crippen LogP contribution in [0.1, 0.15) is 15.9 Å². The monoisotopic (exact) mass is 407 g/mol.